The van der Waals surface area contributed by atoms with Gasteiger partial charge in [0.15, 0.2) is 0 Å². The molecule has 0 saturated carbocycles. The fourth-order valence-electron chi connectivity index (χ4n) is 1.26. The topological polar surface area (TPSA) is 80.9 Å². The third-order valence-corrected chi connectivity index (χ3v) is 1.81. The molecule has 1 aromatic carbocycles. The van der Waals surface area contributed by atoms with Crippen LogP contribution in [0.25, 0.3) is 5.76 Å². The van der Waals surface area contributed by atoms with Gasteiger partial charge in [-0.3, -0.25) is 0 Å². The minimum Gasteiger partial charge on any atom is -0.508 e. The summed E-state index contributed by atoms with van der Waals surface area (Å²) in [5.74, 6) is 0.426. The Morgan fingerprint density at radius 2 is 1.13 bits per heavy atom. The first-order valence-electron chi connectivity index (χ1n) is 7.59. The molecular formula is C18H32O4Ti. The first kappa shape index (κ1) is 27.2. The Hall–Kier alpha value is -0.646. The Balaban J connectivity index is -0.000000264. The van der Waals surface area contributed by atoms with E-state index in [0.29, 0.717) is 5.76 Å². The fourth-order valence-corrected chi connectivity index (χ4v) is 1.26. The molecular weight excluding hydrogens is 328 g/mol. The van der Waals surface area contributed by atoms with Crippen LogP contribution in [-0.4, -0.2) is 38.7 Å². The standard InChI is InChI=1S/C9H8O.3C3H8O.Ti/c10-9-6-5-7-3-1-2-4-8(7)9;3*1-3(2)4;/h1-4,6,10H,5H2;3*3-4H,1-2H3;. The Morgan fingerprint density at radius 3 is 1.48 bits per heavy atom. The summed E-state index contributed by atoms with van der Waals surface area (Å²) >= 11 is 0. The van der Waals surface area contributed by atoms with Crippen LogP contribution in [0, 0.1) is 0 Å². The van der Waals surface area contributed by atoms with Gasteiger partial charge in [-0.05, 0) is 59.6 Å². The molecule has 0 aliphatic heterocycles. The minimum absolute atomic E-state index is 0. The van der Waals surface area contributed by atoms with Gasteiger partial charge in [0.05, 0.1) is 0 Å². The van der Waals surface area contributed by atoms with Crippen molar-refractivity contribution in [3.63, 3.8) is 0 Å². The van der Waals surface area contributed by atoms with Gasteiger partial charge in [-0.25, -0.2) is 0 Å². The summed E-state index contributed by atoms with van der Waals surface area (Å²) in [4.78, 5) is 0. The maximum Gasteiger partial charge on any atom is 0.119 e. The van der Waals surface area contributed by atoms with Crippen molar-refractivity contribution in [1.82, 2.24) is 0 Å². The molecule has 0 atom stereocenters. The summed E-state index contributed by atoms with van der Waals surface area (Å²) in [5, 5.41) is 33.4. The quantitative estimate of drug-likeness (QED) is 0.535. The van der Waals surface area contributed by atoms with Gasteiger partial charge in [-0.15, -0.1) is 0 Å². The molecule has 4 nitrogen and oxygen atoms in total. The first-order valence-corrected chi connectivity index (χ1v) is 7.59. The van der Waals surface area contributed by atoms with Crippen molar-refractivity contribution in [2.75, 3.05) is 0 Å². The van der Waals surface area contributed by atoms with Gasteiger partial charge in [0.1, 0.15) is 5.76 Å². The van der Waals surface area contributed by atoms with Gasteiger partial charge < -0.3 is 20.4 Å². The molecule has 0 saturated heterocycles. The smallest absolute Gasteiger partial charge is 0.119 e. The maximum atomic E-state index is 9.24. The van der Waals surface area contributed by atoms with Crippen LogP contribution in [0.5, 0.6) is 0 Å². The summed E-state index contributed by atoms with van der Waals surface area (Å²) in [5.41, 5.74) is 2.21. The first-order chi connectivity index (χ1) is 10.1. The summed E-state index contributed by atoms with van der Waals surface area (Å²) in [6.45, 7) is 10.3. The molecule has 0 unspecified atom stereocenters. The molecule has 0 radical (unpaired) electrons. The Labute approximate surface area is 155 Å². The molecule has 0 aromatic heterocycles. The minimum atomic E-state index is -0.167. The van der Waals surface area contributed by atoms with Crippen molar-refractivity contribution in [2.45, 2.75) is 66.3 Å². The van der Waals surface area contributed by atoms with Crippen molar-refractivity contribution in [1.29, 1.82) is 0 Å². The molecule has 1 aromatic rings. The monoisotopic (exact) mass is 360 g/mol. The van der Waals surface area contributed by atoms with Gasteiger partial charge in [-0.1, -0.05) is 24.3 Å². The number of aliphatic hydroxyl groups is 4. The molecule has 5 heteroatoms. The van der Waals surface area contributed by atoms with E-state index in [1.807, 2.05) is 30.3 Å². The van der Waals surface area contributed by atoms with Crippen molar-refractivity contribution in [3.05, 3.63) is 41.5 Å². The molecule has 23 heavy (non-hydrogen) atoms. The van der Waals surface area contributed by atoms with Crippen LogP contribution < -0.4 is 0 Å². The predicted molar refractivity (Wildman–Crippen MR) is 92.8 cm³/mol. The molecule has 132 valence electrons. The number of rotatable bonds is 0. The van der Waals surface area contributed by atoms with Gasteiger partial charge in [0.2, 0.25) is 0 Å². The van der Waals surface area contributed by atoms with E-state index in [9.17, 15) is 5.11 Å². The van der Waals surface area contributed by atoms with Crippen LogP contribution in [0.1, 0.15) is 52.7 Å². The molecule has 1 aliphatic carbocycles. The van der Waals surface area contributed by atoms with Crippen molar-refractivity contribution >= 4 is 5.76 Å². The van der Waals surface area contributed by atoms with Crippen molar-refractivity contribution in [3.8, 4) is 0 Å². The Kier molecular flexibility index (Phi) is 19.2. The van der Waals surface area contributed by atoms with Crippen LogP contribution in [-0.2, 0) is 28.1 Å². The Morgan fingerprint density at radius 1 is 0.783 bits per heavy atom. The van der Waals surface area contributed by atoms with E-state index in [1.54, 1.807) is 41.5 Å². The van der Waals surface area contributed by atoms with E-state index in [1.165, 1.54) is 5.56 Å². The average Bonchev–Trinajstić information content (AvgIpc) is 2.70. The molecule has 2 rings (SSSR count). The normalized spacial score (nSPS) is 11.0. The molecule has 1 aliphatic rings. The second kappa shape index (κ2) is 16.2. The van der Waals surface area contributed by atoms with Gasteiger partial charge in [-0.2, -0.15) is 0 Å². The third kappa shape index (κ3) is 21.4. The SMILES string of the molecule is CC(C)O.CC(C)O.CC(C)O.OC1=CCc2ccccc21.[Ti]. The number of hydrogen-bond acceptors (Lipinski definition) is 4. The second-order valence-electron chi connectivity index (χ2n) is 5.73. The third-order valence-electron chi connectivity index (χ3n) is 1.81. The van der Waals surface area contributed by atoms with E-state index in [2.05, 4.69) is 0 Å². The van der Waals surface area contributed by atoms with Crippen molar-refractivity contribution in [2.24, 2.45) is 0 Å². The van der Waals surface area contributed by atoms with Crippen LogP contribution in [0.2, 0.25) is 0 Å². The summed E-state index contributed by atoms with van der Waals surface area (Å²) in [7, 11) is 0. The van der Waals surface area contributed by atoms with Crippen LogP contribution >= 0.6 is 0 Å². The zero-order chi connectivity index (χ0) is 17.7. The number of hydrogen-bond donors (Lipinski definition) is 4. The molecule has 0 bridgehead atoms. The average molecular weight is 360 g/mol. The Bertz CT molecular complexity index is 393. The van der Waals surface area contributed by atoms with E-state index in [0.717, 1.165) is 12.0 Å². The van der Waals surface area contributed by atoms with E-state index in [-0.39, 0.29) is 40.0 Å². The van der Waals surface area contributed by atoms with Crippen molar-refractivity contribution < 1.29 is 42.1 Å². The van der Waals surface area contributed by atoms with Gasteiger partial charge in [0.25, 0.3) is 0 Å². The molecule has 4 N–H and O–H groups in total. The zero-order valence-electron chi connectivity index (χ0n) is 15.1. The van der Waals surface area contributed by atoms with E-state index >= 15 is 0 Å². The number of fused-ring (bicyclic) bond motifs is 1. The second-order valence-corrected chi connectivity index (χ2v) is 5.73. The predicted octanol–water partition coefficient (Wildman–Crippen LogP) is 3.30. The van der Waals surface area contributed by atoms with Crippen LogP contribution in [0.4, 0.5) is 0 Å². The van der Waals surface area contributed by atoms with E-state index < -0.39 is 0 Å². The molecule has 0 heterocycles. The molecule has 0 spiro atoms. The number of benzene rings is 1. The molecule has 0 amide bonds. The largest absolute Gasteiger partial charge is 0.508 e. The summed E-state index contributed by atoms with van der Waals surface area (Å²) in [6.07, 6.45) is 2.21. The maximum absolute atomic E-state index is 9.24. The van der Waals surface area contributed by atoms with Crippen LogP contribution in [0.3, 0.4) is 0 Å². The van der Waals surface area contributed by atoms with Gasteiger partial charge >= 0.3 is 0 Å². The fraction of sp³-hybridized carbons (Fsp3) is 0.556. The van der Waals surface area contributed by atoms with Gasteiger partial charge in [0, 0.05) is 45.6 Å². The number of allylic oxidation sites excluding steroid dienone is 1. The zero-order valence-corrected chi connectivity index (χ0v) is 16.7. The number of aliphatic hydroxyl groups excluding tert-OH is 4. The summed E-state index contributed by atoms with van der Waals surface area (Å²) in [6, 6.07) is 7.91. The van der Waals surface area contributed by atoms with Crippen LogP contribution in [0.15, 0.2) is 30.3 Å². The summed E-state index contributed by atoms with van der Waals surface area (Å²) < 4.78 is 0. The van der Waals surface area contributed by atoms with E-state index in [4.69, 9.17) is 15.3 Å². The molecule has 0 fully saturated rings.